The van der Waals surface area contributed by atoms with Crippen LogP contribution in [-0.2, 0) is 20.0 Å². The van der Waals surface area contributed by atoms with Crippen LogP contribution >= 0.6 is 11.3 Å². The molecule has 0 radical (unpaired) electrons. The zero-order chi connectivity index (χ0) is 18.9. The summed E-state index contributed by atoms with van der Waals surface area (Å²) in [5, 5.41) is 1.69. The van der Waals surface area contributed by atoms with Gasteiger partial charge >= 0.3 is 0 Å². The molecule has 0 amide bonds. The van der Waals surface area contributed by atoms with Crippen molar-refractivity contribution in [1.82, 2.24) is 8.61 Å². The van der Waals surface area contributed by atoms with Crippen LogP contribution in [0.25, 0.3) is 0 Å². The molecule has 0 bridgehead atoms. The van der Waals surface area contributed by atoms with Crippen molar-refractivity contribution in [2.24, 2.45) is 0 Å². The van der Waals surface area contributed by atoms with Crippen LogP contribution in [-0.4, -0.2) is 57.4 Å². The molecule has 7 nitrogen and oxygen atoms in total. The molecule has 0 saturated carbocycles. The van der Waals surface area contributed by atoms with E-state index in [0.717, 1.165) is 11.3 Å². The maximum absolute atomic E-state index is 12.7. The van der Waals surface area contributed by atoms with E-state index in [2.05, 4.69) is 0 Å². The third kappa shape index (κ3) is 3.60. The van der Waals surface area contributed by atoms with Gasteiger partial charge in [-0.2, -0.15) is 8.61 Å². The summed E-state index contributed by atoms with van der Waals surface area (Å²) >= 11 is 1.14. The van der Waals surface area contributed by atoms with Gasteiger partial charge in [-0.1, -0.05) is 18.2 Å². The molecule has 2 aromatic rings. The lowest BCUT2D eigenvalue weighted by atomic mass is 10.2. The van der Waals surface area contributed by atoms with Gasteiger partial charge in [0.1, 0.15) is 4.21 Å². The predicted molar refractivity (Wildman–Crippen MR) is 98.3 cm³/mol. The molecule has 0 aliphatic carbocycles. The Morgan fingerprint density at radius 3 is 1.88 bits per heavy atom. The lowest BCUT2D eigenvalue weighted by Crippen LogP contribution is -2.50. The number of benzene rings is 1. The number of carbonyl (C=O) groups excluding carboxylic acids is 1. The molecule has 0 spiro atoms. The Bertz CT molecular complexity index is 989. The van der Waals surface area contributed by atoms with Crippen molar-refractivity contribution in [3.63, 3.8) is 0 Å². The smallest absolute Gasteiger partial charge is 0.252 e. The Balaban J connectivity index is 1.74. The Hall–Kier alpha value is -1.59. The van der Waals surface area contributed by atoms with Gasteiger partial charge in [0, 0.05) is 31.7 Å². The van der Waals surface area contributed by atoms with Crippen LogP contribution in [0.4, 0.5) is 0 Å². The Morgan fingerprint density at radius 1 is 0.885 bits per heavy atom. The number of hydrogen-bond donors (Lipinski definition) is 0. The number of nitrogens with zero attached hydrogens (tertiary/aromatic N) is 2. The molecule has 140 valence electrons. The zero-order valence-corrected chi connectivity index (χ0v) is 16.5. The number of sulfonamides is 2. The van der Waals surface area contributed by atoms with Gasteiger partial charge in [0.25, 0.3) is 10.0 Å². The minimum Gasteiger partial charge on any atom is -0.295 e. The number of thiophene rings is 1. The van der Waals surface area contributed by atoms with Crippen LogP contribution in [0.3, 0.4) is 0 Å². The van der Waals surface area contributed by atoms with E-state index in [4.69, 9.17) is 0 Å². The van der Waals surface area contributed by atoms with Gasteiger partial charge in [-0.25, -0.2) is 16.8 Å². The molecule has 3 rings (SSSR count). The minimum atomic E-state index is -3.72. The normalized spacial score (nSPS) is 17.3. The van der Waals surface area contributed by atoms with Crippen molar-refractivity contribution in [1.29, 1.82) is 0 Å². The van der Waals surface area contributed by atoms with Gasteiger partial charge in [0.2, 0.25) is 10.0 Å². The first-order valence-corrected chi connectivity index (χ1v) is 11.6. The summed E-state index contributed by atoms with van der Waals surface area (Å²) in [7, 11) is -7.30. The van der Waals surface area contributed by atoms with Crippen molar-refractivity contribution in [3.05, 3.63) is 47.3 Å². The first kappa shape index (κ1) is 19.2. The molecule has 10 heteroatoms. The highest BCUT2D eigenvalue weighted by Gasteiger charge is 2.34. The van der Waals surface area contributed by atoms with E-state index >= 15 is 0 Å². The lowest BCUT2D eigenvalue weighted by molar-refractivity contribution is 0.101. The topological polar surface area (TPSA) is 91.8 Å². The van der Waals surface area contributed by atoms with E-state index in [1.807, 2.05) is 0 Å². The molecular formula is C16H18N2O5S3. The molecule has 1 aliphatic rings. The maximum atomic E-state index is 12.7. The summed E-state index contributed by atoms with van der Waals surface area (Å²) in [6, 6.07) is 8.98. The predicted octanol–water partition coefficient (Wildman–Crippen LogP) is 1.65. The fraction of sp³-hybridized carbons (Fsp3) is 0.312. The Kier molecular flexibility index (Phi) is 5.31. The van der Waals surface area contributed by atoms with Crippen LogP contribution in [0.5, 0.6) is 0 Å². The van der Waals surface area contributed by atoms with Gasteiger partial charge in [-0.15, -0.1) is 11.3 Å². The SMILES string of the molecule is CC(=O)c1ccc(S(=O)(=O)N2CCN(S(=O)(=O)c3cccs3)CC2)cc1. The Labute approximate surface area is 157 Å². The summed E-state index contributed by atoms with van der Waals surface area (Å²) in [6.07, 6.45) is 0. The van der Waals surface area contributed by atoms with Crippen molar-refractivity contribution in [3.8, 4) is 0 Å². The summed E-state index contributed by atoms with van der Waals surface area (Å²) in [6.45, 7) is 1.79. The fourth-order valence-corrected chi connectivity index (χ4v) is 6.69. The number of rotatable bonds is 5. The fourth-order valence-electron chi connectivity index (χ4n) is 2.70. The van der Waals surface area contributed by atoms with E-state index in [0.29, 0.717) is 5.56 Å². The summed E-state index contributed by atoms with van der Waals surface area (Å²) in [5.41, 5.74) is 0.441. The molecule has 2 heterocycles. The minimum absolute atomic E-state index is 0.0847. The molecule has 0 unspecified atom stereocenters. The first-order valence-electron chi connectivity index (χ1n) is 7.88. The largest absolute Gasteiger partial charge is 0.295 e. The molecule has 0 atom stereocenters. The van der Waals surface area contributed by atoms with Crippen LogP contribution in [0.15, 0.2) is 50.9 Å². The number of Topliss-reactive ketones (excluding diaryl/α,β-unsaturated/α-hetero) is 1. The molecule has 1 saturated heterocycles. The molecule has 1 aliphatic heterocycles. The van der Waals surface area contributed by atoms with Gasteiger partial charge < -0.3 is 0 Å². The highest BCUT2D eigenvalue weighted by Crippen LogP contribution is 2.24. The molecule has 1 fully saturated rings. The van der Waals surface area contributed by atoms with E-state index in [1.54, 1.807) is 17.5 Å². The average molecular weight is 415 g/mol. The lowest BCUT2D eigenvalue weighted by Gasteiger charge is -2.32. The zero-order valence-electron chi connectivity index (χ0n) is 14.0. The van der Waals surface area contributed by atoms with Crippen LogP contribution in [0.2, 0.25) is 0 Å². The monoisotopic (exact) mass is 414 g/mol. The summed E-state index contributed by atoms with van der Waals surface area (Å²) in [4.78, 5) is 11.4. The van der Waals surface area contributed by atoms with Gasteiger partial charge in [0.05, 0.1) is 4.90 Å². The van der Waals surface area contributed by atoms with Crippen molar-refractivity contribution < 1.29 is 21.6 Å². The first-order chi connectivity index (χ1) is 12.2. The number of ketones is 1. The molecule has 26 heavy (non-hydrogen) atoms. The van der Waals surface area contributed by atoms with Crippen LogP contribution in [0, 0.1) is 0 Å². The summed E-state index contributed by atoms with van der Waals surface area (Å²) in [5.74, 6) is -0.138. The molecule has 1 aromatic carbocycles. The van der Waals surface area contributed by atoms with E-state index < -0.39 is 20.0 Å². The van der Waals surface area contributed by atoms with Crippen molar-refractivity contribution in [2.75, 3.05) is 26.2 Å². The highest BCUT2D eigenvalue weighted by molar-refractivity contribution is 7.91. The van der Waals surface area contributed by atoms with Crippen molar-refractivity contribution >= 4 is 37.2 Å². The molecule has 0 N–H and O–H groups in total. The van der Waals surface area contributed by atoms with E-state index in [9.17, 15) is 21.6 Å². The van der Waals surface area contributed by atoms with Crippen LogP contribution < -0.4 is 0 Å². The third-order valence-corrected chi connectivity index (χ3v) is 9.37. The highest BCUT2D eigenvalue weighted by atomic mass is 32.2. The maximum Gasteiger partial charge on any atom is 0.252 e. The van der Waals surface area contributed by atoms with E-state index in [1.165, 1.54) is 39.8 Å². The second kappa shape index (κ2) is 7.20. The second-order valence-corrected chi connectivity index (χ2v) is 10.9. The quantitative estimate of drug-likeness (QED) is 0.694. The molecule has 1 aromatic heterocycles. The van der Waals surface area contributed by atoms with Crippen LogP contribution in [0.1, 0.15) is 17.3 Å². The van der Waals surface area contributed by atoms with E-state index in [-0.39, 0.29) is 41.1 Å². The Morgan fingerprint density at radius 2 is 1.42 bits per heavy atom. The van der Waals surface area contributed by atoms with Crippen molar-refractivity contribution in [2.45, 2.75) is 16.0 Å². The number of carbonyl (C=O) groups is 1. The van der Waals surface area contributed by atoms with Gasteiger partial charge in [0.15, 0.2) is 5.78 Å². The van der Waals surface area contributed by atoms with Gasteiger partial charge in [-0.3, -0.25) is 4.79 Å². The summed E-state index contributed by atoms with van der Waals surface area (Å²) < 4.78 is 53.3. The van der Waals surface area contributed by atoms with Gasteiger partial charge in [-0.05, 0) is 30.5 Å². The second-order valence-electron chi connectivity index (χ2n) is 5.82. The number of hydrogen-bond acceptors (Lipinski definition) is 6. The third-order valence-electron chi connectivity index (χ3n) is 4.19. The number of piperazine rings is 1. The average Bonchev–Trinajstić information content (AvgIpc) is 3.17. The molecular weight excluding hydrogens is 396 g/mol. The standard InChI is InChI=1S/C16H18N2O5S3/c1-13(19)14-4-6-15(7-5-14)25(20,21)17-8-10-18(11-9-17)26(22,23)16-3-2-12-24-16/h2-7,12H,8-11H2,1H3.